The van der Waals surface area contributed by atoms with Gasteiger partial charge in [-0.15, -0.1) is 0 Å². The monoisotopic (exact) mass is 169 g/mol. The number of nitrogens with zero attached hydrogens (tertiary/aromatic N) is 1. The lowest BCUT2D eigenvalue weighted by atomic mass is 10.3. The number of allylic oxidation sites excluding steroid dienone is 5. The Morgan fingerprint density at radius 2 is 2.17 bits per heavy atom. The van der Waals surface area contributed by atoms with Gasteiger partial charge in [-0.2, -0.15) is 0 Å². The Hall–Kier alpha value is -1.05. The summed E-state index contributed by atoms with van der Waals surface area (Å²) in [5, 5.41) is 0. The highest BCUT2D eigenvalue weighted by molar-refractivity contribution is 5.19. The molecule has 0 spiro atoms. The average molecular weight is 169 g/mol. The largest absolute Gasteiger partial charge is 0.376 e. The zero-order chi connectivity index (χ0) is 9.56. The number of rotatable bonds is 4. The Bertz CT molecular complexity index is 204. The van der Waals surface area contributed by atoms with Crippen molar-refractivity contribution >= 4 is 0 Å². The highest BCUT2D eigenvalue weighted by Crippen LogP contribution is 2.10. The molecule has 0 saturated carbocycles. The second kappa shape index (κ2) is 5.58. The predicted molar refractivity (Wildman–Crippen MR) is 51.4 cm³/mol. The summed E-state index contributed by atoms with van der Waals surface area (Å²) in [6.45, 7) is 8.01. The van der Waals surface area contributed by atoms with Gasteiger partial charge in [0.1, 0.15) is 5.83 Å². The van der Waals surface area contributed by atoms with Crippen LogP contribution in [0.1, 0.15) is 13.8 Å². The maximum Gasteiger partial charge on any atom is 0.141 e. The van der Waals surface area contributed by atoms with Gasteiger partial charge < -0.3 is 4.90 Å². The number of halogens is 1. The van der Waals surface area contributed by atoms with E-state index in [2.05, 4.69) is 6.58 Å². The van der Waals surface area contributed by atoms with E-state index >= 15 is 0 Å². The first-order valence-electron chi connectivity index (χ1n) is 4.00. The SMILES string of the molecule is C=C/C=C\C(F)=C(/C)N(C)CC. The van der Waals surface area contributed by atoms with E-state index < -0.39 is 0 Å². The fourth-order valence-corrected chi connectivity index (χ4v) is 0.693. The van der Waals surface area contributed by atoms with Gasteiger partial charge in [-0.3, -0.25) is 0 Å². The van der Waals surface area contributed by atoms with Crippen LogP contribution >= 0.6 is 0 Å². The second-order valence-corrected chi connectivity index (χ2v) is 2.54. The van der Waals surface area contributed by atoms with Crippen LogP contribution < -0.4 is 0 Å². The van der Waals surface area contributed by atoms with Gasteiger partial charge in [0.2, 0.25) is 0 Å². The highest BCUT2D eigenvalue weighted by Gasteiger charge is 2.00. The molecule has 0 aromatic heterocycles. The van der Waals surface area contributed by atoms with Crippen LogP contribution in [0, 0.1) is 0 Å². The second-order valence-electron chi connectivity index (χ2n) is 2.54. The molecule has 1 nitrogen and oxygen atoms in total. The summed E-state index contributed by atoms with van der Waals surface area (Å²) < 4.78 is 13.1. The lowest BCUT2D eigenvalue weighted by molar-refractivity contribution is 0.422. The summed E-state index contributed by atoms with van der Waals surface area (Å²) in [5.74, 6) is -0.209. The summed E-state index contributed by atoms with van der Waals surface area (Å²) in [6, 6.07) is 0. The lowest BCUT2D eigenvalue weighted by Gasteiger charge is -2.16. The van der Waals surface area contributed by atoms with Gasteiger partial charge in [-0.1, -0.05) is 18.7 Å². The van der Waals surface area contributed by atoms with Crippen molar-refractivity contribution in [2.75, 3.05) is 13.6 Å². The molecule has 68 valence electrons. The average Bonchev–Trinajstić information content (AvgIpc) is 2.11. The molecule has 12 heavy (non-hydrogen) atoms. The van der Waals surface area contributed by atoms with Gasteiger partial charge in [0.15, 0.2) is 0 Å². The number of hydrogen-bond donors (Lipinski definition) is 0. The molecule has 0 unspecified atom stereocenters. The third-order valence-corrected chi connectivity index (χ3v) is 1.77. The third kappa shape index (κ3) is 3.37. The van der Waals surface area contributed by atoms with Crippen LogP contribution in [0.4, 0.5) is 4.39 Å². The molecule has 0 aliphatic heterocycles. The number of hydrogen-bond acceptors (Lipinski definition) is 1. The van der Waals surface area contributed by atoms with Crippen molar-refractivity contribution < 1.29 is 4.39 Å². The van der Waals surface area contributed by atoms with E-state index in [1.54, 1.807) is 19.1 Å². The molecule has 0 bridgehead atoms. The van der Waals surface area contributed by atoms with Crippen LogP contribution in [0.5, 0.6) is 0 Å². The van der Waals surface area contributed by atoms with E-state index in [4.69, 9.17) is 0 Å². The molecule has 0 aromatic carbocycles. The predicted octanol–water partition coefficient (Wildman–Crippen LogP) is 2.88. The molecular weight excluding hydrogens is 153 g/mol. The van der Waals surface area contributed by atoms with Crippen molar-refractivity contribution in [1.29, 1.82) is 0 Å². The lowest BCUT2D eigenvalue weighted by Crippen LogP contribution is -2.15. The minimum absolute atomic E-state index is 0.209. The summed E-state index contributed by atoms with van der Waals surface area (Å²) in [4.78, 5) is 1.85. The Morgan fingerprint density at radius 3 is 2.58 bits per heavy atom. The zero-order valence-electron chi connectivity index (χ0n) is 7.97. The molecule has 2 heteroatoms. The highest BCUT2D eigenvalue weighted by atomic mass is 19.1. The first kappa shape index (κ1) is 11.0. The topological polar surface area (TPSA) is 3.24 Å². The van der Waals surface area contributed by atoms with Gasteiger partial charge >= 0.3 is 0 Å². The molecule has 0 saturated heterocycles. The van der Waals surface area contributed by atoms with Crippen molar-refractivity contribution in [3.63, 3.8) is 0 Å². The molecule has 0 radical (unpaired) electrons. The van der Waals surface area contributed by atoms with Crippen molar-refractivity contribution in [2.45, 2.75) is 13.8 Å². The summed E-state index contributed by atoms with van der Waals surface area (Å²) in [6.07, 6.45) is 4.55. The normalized spacial score (nSPS) is 13.0. The summed E-state index contributed by atoms with van der Waals surface area (Å²) in [7, 11) is 1.86. The van der Waals surface area contributed by atoms with E-state index in [9.17, 15) is 4.39 Å². The van der Waals surface area contributed by atoms with Crippen LogP contribution in [0.15, 0.2) is 36.3 Å². The van der Waals surface area contributed by atoms with Gasteiger partial charge in [0.25, 0.3) is 0 Å². The molecule has 0 fully saturated rings. The fraction of sp³-hybridized carbons (Fsp3) is 0.400. The molecule has 0 amide bonds. The molecular formula is C10H16FN. The molecule has 0 aliphatic rings. The maximum atomic E-state index is 13.1. The van der Waals surface area contributed by atoms with Crippen LogP contribution in [0.2, 0.25) is 0 Å². The van der Waals surface area contributed by atoms with Crippen molar-refractivity contribution in [1.82, 2.24) is 4.90 Å². The van der Waals surface area contributed by atoms with E-state index in [-0.39, 0.29) is 5.83 Å². The molecule has 0 rings (SSSR count). The molecule has 0 aliphatic carbocycles. The Kier molecular flexibility index (Phi) is 5.09. The van der Waals surface area contributed by atoms with Crippen LogP contribution in [0.25, 0.3) is 0 Å². The van der Waals surface area contributed by atoms with Gasteiger partial charge in [-0.25, -0.2) is 4.39 Å². The standard InChI is InChI=1S/C10H16FN/c1-5-7-8-10(11)9(3)12(4)6-2/h5,7-8H,1,6H2,2-4H3/b8-7-,10-9-. The van der Waals surface area contributed by atoms with Gasteiger partial charge in [0, 0.05) is 19.3 Å². The Balaban J connectivity index is 4.44. The van der Waals surface area contributed by atoms with Gasteiger partial charge in [-0.05, 0) is 19.9 Å². The summed E-state index contributed by atoms with van der Waals surface area (Å²) in [5.41, 5.74) is 0.649. The fourth-order valence-electron chi connectivity index (χ4n) is 0.693. The quantitative estimate of drug-likeness (QED) is 0.585. The Labute approximate surface area is 73.9 Å². The van der Waals surface area contributed by atoms with Crippen LogP contribution in [-0.4, -0.2) is 18.5 Å². The van der Waals surface area contributed by atoms with E-state index in [0.29, 0.717) is 5.70 Å². The van der Waals surface area contributed by atoms with Crippen molar-refractivity contribution in [3.05, 3.63) is 36.3 Å². The molecule has 0 atom stereocenters. The van der Waals surface area contributed by atoms with Crippen LogP contribution in [-0.2, 0) is 0 Å². The minimum Gasteiger partial charge on any atom is -0.376 e. The smallest absolute Gasteiger partial charge is 0.141 e. The van der Waals surface area contributed by atoms with E-state index in [1.807, 2.05) is 18.9 Å². The Morgan fingerprint density at radius 1 is 1.58 bits per heavy atom. The van der Waals surface area contributed by atoms with Crippen LogP contribution in [0.3, 0.4) is 0 Å². The third-order valence-electron chi connectivity index (χ3n) is 1.77. The molecule has 0 aromatic rings. The molecule has 0 N–H and O–H groups in total. The first-order valence-corrected chi connectivity index (χ1v) is 4.00. The minimum atomic E-state index is -0.209. The summed E-state index contributed by atoms with van der Waals surface area (Å²) >= 11 is 0. The first-order chi connectivity index (χ1) is 5.63. The van der Waals surface area contributed by atoms with Crippen molar-refractivity contribution in [3.8, 4) is 0 Å². The van der Waals surface area contributed by atoms with E-state index in [0.717, 1.165) is 6.54 Å². The maximum absolute atomic E-state index is 13.1. The van der Waals surface area contributed by atoms with Crippen molar-refractivity contribution in [2.24, 2.45) is 0 Å². The van der Waals surface area contributed by atoms with E-state index in [1.165, 1.54) is 6.08 Å². The molecule has 0 heterocycles. The van der Waals surface area contributed by atoms with Gasteiger partial charge in [0.05, 0.1) is 0 Å². The zero-order valence-corrected chi connectivity index (χ0v) is 7.97.